The Balaban J connectivity index is 1.99. The molecule has 0 spiro atoms. The molecule has 0 aliphatic rings. The molecule has 0 N–H and O–H groups in total. The van der Waals surface area contributed by atoms with E-state index in [1.165, 1.54) is 40.7 Å². The van der Waals surface area contributed by atoms with Crippen molar-refractivity contribution in [3.8, 4) is 12.3 Å². The SMILES string of the molecule is C#CCn1c(=NC(=O)c2ccc(S(=O)(=O)N(CC(C)C)CC(C)C)cc2)sc2cc(S(C)(=O)=O)ccc21. The highest BCUT2D eigenvalue weighted by atomic mass is 32.2. The molecule has 0 saturated heterocycles. The van der Waals surface area contributed by atoms with Gasteiger partial charge in [0.05, 0.1) is 26.6 Å². The molecule has 8 nitrogen and oxygen atoms in total. The number of fused-ring (bicyclic) bond motifs is 1. The molecule has 0 atom stereocenters. The third-order valence-electron chi connectivity index (χ3n) is 5.41. The first-order valence-corrected chi connectivity index (χ1v) is 15.8. The minimum atomic E-state index is -3.72. The topological polar surface area (TPSA) is 106 Å². The molecule has 11 heteroatoms. The highest BCUT2D eigenvalue weighted by Crippen LogP contribution is 2.23. The molecule has 3 aromatic rings. The summed E-state index contributed by atoms with van der Waals surface area (Å²) in [6.07, 6.45) is 6.64. The van der Waals surface area contributed by atoms with Crippen molar-refractivity contribution in [1.29, 1.82) is 0 Å². The third-order valence-corrected chi connectivity index (χ3v) is 9.40. The Kier molecular flexibility index (Phi) is 8.80. The molecule has 1 heterocycles. The molecule has 1 aromatic heterocycles. The molecule has 0 radical (unpaired) electrons. The first-order valence-electron chi connectivity index (χ1n) is 11.7. The zero-order valence-corrected chi connectivity index (χ0v) is 24.0. The van der Waals surface area contributed by atoms with Crippen LogP contribution in [-0.2, 0) is 26.4 Å². The lowest BCUT2D eigenvalue weighted by molar-refractivity contribution is 0.0997. The summed E-state index contributed by atoms with van der Waals surface area (Å²) in [6.45, 7) is 8.81. The predicted octanol–water partition coefficient (Wildman–Crippen LogP) is 3.78. The van der Waals surface area contributed by atoms with Crippen molar-refractivity contribution in [3.05, 3.63) is 52.8 Å². The van der Waals surface area contributed by atoms with Gasteiger partial charge in [0.15, 0.2) is 14.6 Å². The van der Waals surface area contributed by atoms with Crippen LogP contribution in [0.3, 0.4) is 0 Å². The van der Waals surface area contributed by atoms with Crippen LogP contribution >= 0.6 is 11.3 Å². The molecule has 0 unspecified atom stereocenters. The summed E-state index contributed by atoms with van der Waals surface area (Å²) < 4.78 is 54.1. The van der Waals surface area contributed by atoms with Crippen molar-refractivity contribution in [3.63, 3.8) is 0 Å². The average Bonchev–Trinajstić information content (AvgIpc) is 3.14. The summed E-state index contributed by atoms with van der Waals surface area (Å²) in [7, 11) is -7.13. The molecular weight excluding hydrogens is 531 g/mol. The fourth-order valence-corrected chi connectivity index (χ4v) is 7.32. The van der Waals surface area contributed by atoms with Crippen LogP contribution in [0.25, 0.3) is 10.2 Å². The maximum absolute atomic E-state index is 13.2. The van der Waals surface area contributed by atoms with Crippen molar-refractivity contribution >= 4 is 47.3 Å². The van der Waals surface area contributed by atoms with Gasteiger partial charge in [0.1, 0.15) is 0 Å². The van der Waals surface area contributed by atoms with Gasteiger partial charge in [-0.05, 0) is 54.3 Å². The number of sulfonamides is 1. The summed E-state index contributed by atoms with van der Waals surface area (Å²) in [4.78, 5) is 17.8. The minimum absolute atomic E-state index is 0.114. The van der Waals surface area contributed by atoms with Crippen molar-refractivity contribution in [2.75, 3.05) is 19.3 Å². The number of carbonyl (C=O) groups is 1. The number of thiazole rings is 1. The highest BCUT2D eigenvalue weighted by Gasteiger charge is 2.26. The van der Waals surface area contributed by atoms with Gasteiger partial charge in [-0.1, -0.05) is 45.0 Å². The monoisotopic (exact) mass is 561 g/mol. The van der Waals surface area contributed by atoms with E-state index in [4.69, 9.17) is 6.42 Å². The largest absolute Gasteiger partial charge is 0.305 e. The zero-order chi connectivity index (χ0) is 27.5. The molecule has 0 fully saturated rings. The van der Waals surface area contributed by atoms with Crippen LogP contribution < -0.4 is 4.80 Å². The van der Waals surface area contributed by atoms with Gasteiger partial charge in [-0.3, -0.25) is 4.79 Å². The molecule has 198 valence electrons. The van der Waals surface area contributed by atoms with E-state index in [0.717, 1.165) is 17.6 Å². The van der Waals surface area contributed by atoms with E-state index in [0.29, 0.717) is 28.1 Å². The minimum Gasteiger partial charge on any atom is -0.305 e. The van der Waals surface area contributed by atoms with Crippen LogP contribution in [-0.4, -0.2) is 51.0 Å². The maximum atomic E-state index is 13.2. The zero-order valence-electron chi connectivity index (χ0n) is 21.5. The first-order chi connectivity index (χ1) is 17.2. The van der Waals surface area contributed by atoms with Crippen molar-refractivity contribution in [2.24, 2.45) is 16.8 Å². The van der Waals surface area contributed by atoms with Crippen LogP contribution in [0.5, 0.6) is 0 Å². The molecule has 0 aliphatic heterocycles. The Morgan fingerprint density at radius 1 is 1.00 bits per heavy atom. The third kappa shape index (κ3) is 6.76. The van der Waals surface area contributed by atoms with Gasteiger partial charge in [-0.2, -0.15) is 9.30 Å². The first kappa shape index (κ1) is 28.8. The van der Waals surface area contributed by atoms with Gasteiger partial charge < -0.3 is 4.57 Å². The Bertz CT molecular complexity index is 1610. The van der Waals surface area contributed by atoms with Crippen LogP contribution in [0.2, 0.25) is 0 Å². The summed E-state index contributed by atoms with van der Waals surface area (Å²) in [5.41, 5.74) is 0.887. The van der Waals surface area contributed by atoms with Gasteiger partial charge in [-0.25, -0.2) is 16.8 Å². The molecule has 0 aliphatic carbocycles. The Hall–Kier alpha value is -2.78. The number of aromatic nitrogens is 1. The highest BCUT2D eigenvalue weighted by molar-refractivity contribution is 7.90. The lowest BCUT2D eigenvalue weighted by Gasteiger charge is -2.25. The van der Waals surface area contributed by atoms with Crippen LogP contribution in [0, 0.1) is 24.2 Å². The Labute approximate surface area is 222 Å². The number of rotatable bonds is 9. The number of terminal acetylenes is 1. The van der Waals surface area contributed by atoms with Gasteiger partial charge in [0.25, 0.3) is 5.91 Å². The summed E-state index contributed by atoms with van der Waals surface area (Å²) in [5.74, 6) is 2.30. The molecule has 0 bridgehead atoms. The molecular formula is C26H31N3O5S3. The number of amides is 1. The van der Waals surface area contributed by atoms with E-state index in [1.807, 2.05) is 27.7 Å². The number of hydrogen-bond acceptors (Lipinski definition) is 6. The Morgan fingerprint density at radius 3 is 2.08 bits per heavy atom. The van der Waals surface area contributed by atoms with E-state index in [2.05, 4.69) is 10.9 Å². The molecule has 3 rings (SSSR count). The van der Waals surface area contributed by atoms with Gasteiger partial charge in [-0.15, -0.1) is 6.42 Å². The van der Waals surface area contributed by atoms with Gasteiger partial charge >= 0.3 is 0 Å². The summed E-state index contributed by atoms with van der Waals surface area (Å²) >= 11 is 1.15. The standard InChI is InChI=1S/C26H31N3O5S3/c1-7-14-29-23-13-12-22(36(6,31)32)15-24(23)35-26(29)27-25(30)20-8-10-21(11-9-20)37(33,34)28(16-18(2)3)17-19(4)5/h1,8-13,15,18-19H,14,16-17H2,2-6H3. The summed E-state index contributed by atoms with van der Waals surface area (Å²) in [6, 6.07) is 10.4. The normalized spacial score (nSPS) is 13.1. The van der Waals surface area contributed by atoms with E-state index < -0.39 is 25.8 Å². The van der Waals surface area contributed by atoms with Crippen LogP contribution in [0.15, 0.2) is 57.2 Å². The van der Waals surface area contributed by atoms with Gasteiger partial charge in [0, 0.05) is 24.9 Å². The lowest BCUT2D eigenvalue weighted by Crippen LogP contribution is -2.37. The second kappa shape index (κ2) is 11.3. The quantitative estimate of drug-likeness (QED) is 0.370. The second-order valence-electron chi connectivity index (χ2n) is 9.63. The molecule has 37 heavy (non-hydrogen) atoms. The van der Waals surface area contributed by atoms with E-state index in [9.17, 15) is 21.6 Å². The van der Waals surface area contributed by atoms with Crippen LogP contribution in [0.4, 0.5) is 0 Å². The smallest absolute Gasteiger partial charge is 0.279 e. The maximum Gasteiger partial charge on any atom is 0.279 e. The lowest BCUT2D eigenvalue weighted by atomic mass is 10.2. The fraction of sp³-hybridized carbons (Fsp3) is 0.385. The number of benzene rings is 2. The number of carbonyl (C=O) groups excluding carboxylic acids is 1. The Morgan fingerprint density at radius 2 is 1.57 bits per heavy atom. The predicted molar refractivity (Wildman–Crippen MR) is 147 cm³/mol. The number of hydrogen-bond donors (Lipinski definition) is 0. The van der Waals surface area contributed by atoms with E-state index in [-0.39, 0.29) is 33.7 Å². The van der Waals surface area contributed by atoms with Gasteiger partial charge in [0.2, 0.25) is 10.0 Å². The average molecular weight is 562 g/mol. The fourth-order valence-electron chi connectivity index (χ4n) is 3.77. The van der Waals surface area contributed by atoms with Crippen molar-refractivity contribution in [1.82, 2.24) is 8.87 Å². The summed E-state index contributed by atoms with van der Waals surface area (Å²) in [5, 5.41) is 0. The van der Waals surface area contributed by atoms with Crippen molar-refractivity contribution in [2.45, 2.75) is 44.0 Å². The molecule has 0 saturated carbocycles. The second-order valence-corrected chi connectivity index (χ2v) is 14.6. The number of sulfone groups is 1. The van der Waals surface area contributed by atoms with E-state index in [1.54, 1.807) is 10.6 Å². The van der Waals surface area contributed by atoms with E-state index >= 15 is 0 Å². The number of nitrogens with zero attached hydrogens (tertiary/aromatic N) is 3. The molecule has 2 aromatic carbocycles. The van der Waals surface area contributed by atoms with Crippen LogP contribution in [0.1, 0.15) is 38.1 Å². The molecule has 1 amide bonds. The van der Waals surface area contributed by atoms with Crippen molar-refractivity contribution < 1.29 is 21.6 Å².